The van der Waals surface area contributed by atoms with Crippen LogP contribution in [-0.4, -0.2) is 24.7 Å². The summed E-state index contributed by atoms with van der Waals surface area (Å²) in [7, 11) is 0. The third-order valence-corrected chi connectivity index (χ3v) is 5.00. The average Bonchev–Trinajstić information content (AvgIpc) is 2.67. The number of esters is 1. The van der Waals surface area contributed by atoms with Crippen LogP contribution in [-0.2, 0) is 9.53 Å². The maximum absolute atomic E-state index is 12.9. The van der Waals surface area contributed by atoms with Gasteiger partial charge in [-0.15, -0.1) is 0 Å². The van der Waals surface area contributed by atoms with Crippen molar-refractivity contribution in [3.05, 3.63) is 41.1 Å². The van der Waals surface area contributed by atoms with Crippen LogP contribution >= 0.6 is 0 Å². The zero-order chi connectivity index (χ0) is 19.2. The Kier molecular flexibility index (Phi) is 6.37. The second-order valence-electron chi connectivity index (χ2n) is 7.15. The van der Waals surface area contributed by atoms with E-state index in [9.17, 15) is 9.59 Å². The molecular formula is C21H28N2O4. The van der Waals surface area contributed by atoms with Crippen molar-refractivity contribution in [2.24, 2.45) is 0 Å². The van der Waals surface area contributed by atoms with Crippen LogP contribution in [0.5, 0.6) is 5.75 Å². The minimum Gasteiger partial charge on any atom is -0.494 e. The molecule has 1 atom stereocenters. The fourth-order valence-corrected chi connectivity index (χ4v) is 3.59. The Morgan fingerprint density at radius 3 is 2.52 bits per heavy atom. The first-order chi connectivity index (χ1) is 13.1. The molecule has 27 heavy (non-hydrogen) atoms. The summed E-state index contributed by atoms with van der Waals surface area (Å²) in [5.41, 5.74) is 1.82. The van der Waals surface area contributed by atoms with Crippen LogP contribution < -0.4 is 15.4 Å². The fraction of sp³-hybridized carbons (Fsp3) is 0.524. The van der Waals surface area contributed by atoms with Crippen molar-refractivity contribution in [3.63, 3.8) is 0 Å². The minimum absolute atomic E-state index is 0.0327. The predicted octanol–water partition coefficient (Wildman–Crippen LogP) is 3.98. The molecule has 0 bridgehead atoms. The van der Waals surface area contributed by atoms with E-state index in [1.54, 1.807) is 6.92 Å². The molecule has 3 rings (SSSR count). The SMILES string of the molecule is CCCOc1ccc(C2NC(=O)NC(C)=C2C(=O)OC2CCCCC2)cc1. The number of hydrogen-bond acceptors (Lipinski definition) is 4. The summed E-state index contributed by atoms with van der Waals surface area (Å²) in [4.78, 5) is 24.9. The quantitative estimate of drug-likeness (QED) is 0.741. The molecule has 6 heteroatoms. The number of carbonyl (C=O) groups excluding carboxylic acids is 2. The van der Waals surface area contributed by atoms with Gasteiger partial charge in [0.05, 0.1) is 18.2 Å². The van der Waals surface area contributed by atoms with Gasteiger partial charge >= 0.3 is 12.0 Å². The van der Waals surface area contributed by atoms with Gasteiger partial charge in [-0.2, -0.15) is 0 Å². The largest absolute Gasteiger partial charge is 0.494 e. The van der Waals surface area contributed by atoms with Crippen molar-refractivity contribution < 1.29 is 19.1 Å². The number of urea groups is 1. The number of rotatable bonds is 6. The lowest BCUT2D eigenvalue weighted by molar-refractivity contribution is -0.146. The highest BCUT2D eigenvalue weighted by molar-refractivity contribution is 5.95. The molecular weight excluding hydrogens is 344 g/mol. The maximum atomic E-state index is 12.9. The number of carbonyl (C=O) groups is 2. The van der Waals surface area contributed by atoms with Gasteiger partial charge in [-0.3, -0.25) is 0 Å². The summed E-state index contributed by atoms with van der Waals surface area (Å²) in [6, 6.07) is 6.62. The van der Waals surface area contributed by atoms with Crippen molar-refractivity contribution in [2.75, 3.05) is 6.61 Å². The van der Waals surface area contributed by atoms with Crippen molar-refractivity contribution in [1.82, 2.24) is 10.6 Å². The van der Waals surface area contributed by atoms with Crippen molar-refractivity contribution >= 4 is 12.0 Å². The molecule has 1 fully saturated rings. The summed E-state index contributed by atoms with van der Waals surface area (Å²) in [5, 5.41) is 5.53. The second-order valence-corrected chi connectivity index (χ2v) is 7.15. The Hall–Kier alpha value is -2.50. The van der Waals surface area contributed by atoms with E-state index in [2.05, 4.69) is 17.6 Å². The van der Waals surface area contributed by atoms with E-state index in [4.69, 9.17) is 9.47 Å². The van der Waals surface area contributed by atoms with E-state index in [1.807, 2.05) is 24.3 Å². The van der Waals surface area contributed by atoms with Gasteiger partial charge in [-0.25, -0.2) is 9.59 Å². The molecule has 1 saturated carbocycles. The minimum atomic E-state index is -0.532. The fourth-order valence-electron chi connectivity index (χ4n) is 3.59. The number of nitrogens with one attached hydrogen (secondary N) is 2. The molecule has 146 valence electrons. The summed E-state index contributed by atoms with van der Waals surface area (Å²) in [6.07, 6.45) is 6.10. The highest BCUT2D eigenvalue weighted by Crippen LogP contribution is 2.30. The normalized spacial score (nSPS) is 20.7. The Morgan fingerprint density at radius 1 is 1.15 bits per heavy atom. The zero-order valence-electron chi connectivity index (χ0n) is 16.0. The lowest BCUT2D eigenvalue weighted by Crippen LogP contribution is -2.45. The van der Waals surface area contributed by atoms with Crippen LogP contribution in [0.3, 0.4) is 0 Å². The highest BCUT2D eigenvalue weighted by Gasteiger charge is 2.33. The van der Waals surface area contributed by atoms with Gasteiger partial charge < -0.3 is 20.1 Å². The third-order valence-electron chi connectivity index (χ3n) is 5.00. The molecule has 1 aliphatic heterocycles. The molecule has 1 aromatic rings. The van der Waals surface area contributed by atoms with Gasteiger partial charge in [0.2, 0.25) is 0 Å². The molecule has 1 aromatic carbocycles. The summed E-state index contributed by atoms with van der Waals surface area (Å²) >= 11 is 0. The van der Waals surface area contributed by atoms with Gasteiger partial charge in [0.25, 0.3) is 0 Å². The molecule has 2 N–H and O–H groups in total. The topological polar surface area (TPSA) is 76.7 Å². The molecule has 0 aromatic heterocycles. The van der Waals surface area contributed by atoms with Gasteiger partial charge in [0.1, 0.15) is 11.9 Å². The monoisotopic (exact) mass is 372 g/mol. The van der Waals surface area contributed by atoms with E-state index >= 15 is 0 Å². The Labute approximate surface area is 160 Å². The Bertz CT molecular complexity index is 705. The molecule has 2 aliphatic rings. The van der Waals surface area contributed by atoms with Crippen LogP contribution in [0.2, 0.25) is 0 Å². The van der Waals surface area contributed by atoms with Crippen LogP contribution in [0.4, 0.5) is 4.79 Å². The first-order valence-electron chi connectivity index (χ1n) is 9.80. The lowest BCUT2D eigenvalue weighted by atomic mass is 9.94. The summed E-state index contributed by atoms with van der Waals surface area (Å²) in [6.45, 7) is 4.44. The first kappa shape index (κ1) is 19.3. The first-order valence-corrected chi connectivity index (χ1v) is 9.80. The Balaban J connectivity index is 1.79. The standard InChI is InChI=1S/C21H28N2O4/c1-3-13-26-16-11-9-15(10-12-16)19-18(14(2)22-21(25)23-19)20(24)27-17-7-5-4-6-8-17/h9-12,17,19H,3-8,13H2,1-2H3,(H2,22,23,25). The van der Waals surface area contributed by atoms with Crippen LogP contribution in [0.1, 0.15) is 64.0 Å². The predicted molar refractivity (Wildman–Crippen MR) is 102 cm³/mol. The molecule has 1 unspecified atom stereocenters. The van der Waals surface area contributed by atoms with Gasteiger partial charge in [-0.1, -0.05) is 25.5 Å². The molecule has 1 aliphatic carbocycles. The molecule has 1 heterocycles. The van der Waals surface area contributed by atoms with Gasteiger partial charge in [0, 0.05) is 5.70 Å². The molecule has 0 radical (unpaired) electrons. The number of amides is 2. The van der Waals surface area contributed by atoms with Crippen LogP contribution in [0, 0.1) is 0 Å². The molecule has 0 saturated heterocycles. The highest BCUT2D eigenvalue weighted by atomic mass is 16.5. The number of hydrogen-bond donors (Lipinski definition) is 2. The lowest BCUT2D eigenvalue weighted by Gasteiger charge is -2.30. The van der Waals surface area contributed by atoms with E-state index in [-0.39, 0.29) is 18.1 Å². The van der Waals surface area contributed by atoms with Crippen LogP contribution in [0.15, 0.2) is 35.5 Å². The zero-order valence-corrected chi connectivity index (χ0v) is 16.0. The van der Waals surface area contributed by atoms with E-state index in [0.29, 0.717) is 17.9 Å². The maximum Gasteiger partial charge on any atom is 0.338 e. The number of benzene rings is 1. The molecule has 6 nitrogen and oxygen atoms in total. The summed E-state index contributed by atoms with van der Waals surface area (Å²) < 4.78 is 11.4. The molecule has 2 amide bonds. The Morgan fingerprint density at radius 2 is 1.85 bits per heavy atom. The molecule has 0 spiro atoms. The number of allylic oxidation sites excluding steroid dienone is 1. The van der Waals surface area contributed by atoms with E-state index in [0.717, 1.165) is 43.4 Å². The van der Waals surface area contributed by atoms with Crippen LogP contribution in [0.25, 0.3) is 0 Å². The van der Waals surface area contributed by atoms with Gasteiger partial charge in [0.15, 0.2) is 0 Å². The second kappa shape index (κ2) is 8.93. The number of ether oxygens (including phenoxy) is 2. The van der Waals surface area contributed by atoms with Gasteiger partial charge in [-0.05, 0) is 56.7 Å². The van der Waals surface area contributed by atoms with E-state index in [1.165, 1.54) is 6.42 Å². The van der Waals surface area contributed by atoms with E-state index < -0.39 is 6.04 Å². The van der Waals surface area contributed by atoms with Crippen molar-refractivity contribution in [3.8, 4) is 5.75 Å². The van der Waals surface area contributed by atoms with Crippen molar-refractivity contribution in [1.29, 1.82) is 0 Å². The smallest absolute Gasteiger partial charge is 0.338 e. The van der Waals surface area contributed by atoms with Crippen molar-refractivity contribution in [2.45, 2.75) is 64.5 Å². The average molecular weight is 372 g/mol. The third kappa shape index (κ3) is 4.81. The summed E-state index contributed by atoms with van der Waals surface area (Å²) in [5.74, 6) is 0.413.